The topological polar surface area (TPSA) is 134 Å². The van der Waals surface area contributed by atoms with E-state index in [1.807, 2.05) is 30.3 Å². The van der Waals surface area contributed by atoms with Crippen LogP contribution in [0.4, 0.5) is 0 Å². The molecule has 0 aromatic heterocycles. The van der Waals surface area contributed by atoms with Crippen LogP contribution in [0.15, 0.2) is 62.5 Å². The number of hydrogen-bond acceptors (Lipinski definition) is 12. The number of hydrogen-bond donors (Lipinski definition) is 2. The third kappa shape index (κ3) is 14.8. The van der Waals surface area contributed by atoms with Crippen LogP contribution in [0.3, 0.4) is 0 Å². The van der Waals surface area contributed by atoms with Crippen LogP contribution >= 0.6 is 34.8 Å². The van der Waals surface area contributed by atoms with Gasteiger partial charge in [0.05, 0.1) is 0 Å². The molecule has 0 spiro atoms. The molecule has 0 amide bonds. The molecule has 1 aromatic carbocycles. The summed E-state index contributed by atoms with van der Waals surface area (Å²) >= 11 is 17.9. The number of carbonyl (C=O) groups is 3. The van der Waals surface area contributed by atoms with Gasteiger partial charge in [-0.3, -0.25) is 0 Å². The molecule has 1 aliphatic carbocycles. The number of esters is 3. The lowest BCUT2D eigenvalue weighted by atomic mass is 9.93. The molecule has 3 atom stereocenters. The Balaban J connectivity index is 0.000000295. The van der Waals surface area contributed by atoms with Gasteiger partial charge in [-0.2, -0.15) is 0 Å². The minimum atomic E-state index is -0.861. The lowest BCUT2D eigenvalue weighted by Crippen LogP contribution is -2.44. The van der Waals surface area contributed by atoms with Gasteiger partial charge < -0.3 is 44.0 Å². The molecular formula is C42H56Cl3N3O9. The molecule has 3 unspecified atom stereocenters. The second-order valence-electron chi connectivity index (χ2n) is 13.3. The summed E-state index contributed by atoms with van der Waals surface area (Å²) in [5, 5.41) is 6.36. The summed E-state index contributed by atoms with van der Waals surface area (Å²) in [5.41, 5.74) is 2.64. The SMILES string of the molecule is C.C#CCOC1OC(=O)C(Cl)=C1N(C(C)C)C1CCCCC1.C#CCOC1OC(=O)C(Cl)=C1NCc1ccccc1.CCCCCCNC1=C(Cl)C(=O)OC1OC. The number of benzene rings is 1. The van der Waals surface area contributed by atoms with E-state index in [2.05, 4.69) is 48.1 Å². The average molecular weight is 853 g/mol. The summed E-state index contributed by atoms with van der Waals surface area (Å²) in [6.45, 7) is 7.76. The molecule has 3 aliphatic heterocycles. The van der Waals surface area contributed by atoms with E-state index < -0.39 is 36.8 Å². The molecular weight excluding hydrogens is 797 g/mol. The summed E-state index contributed by atoms with van der Waals surface area (Å²) in [6.07, 6.45) is 18.5. The lowest BCUT2D eigenvalue weighted by molar-refractivity contribution is -0.160. The molecule has 314 valence electrons. The van der Waals surface area contributed by atoms with Crippen LogP contribution in [0.25, 0.3) is 0 Å². The largest absolute Gasteiger partial charge is 0.425 e. The van der Waals surface area contributed by atoms with Crippen LogP contribution < -0.4 is 10.6 Å². The summed E-state index contributed by atoms with van der Waals surface area (Å²) in [7, 11) is 1.48. The first kappa shape index (κ1) is 49.3. The number of nitrogens with zero attached hydrogens (tertiary/aromatic N) is 1. The zero-order valence-electron chi connectivity index (χ0n) is 32.4. The molecule has 0 radical (unpaired) electrons. The van der Waals surface area contributed by atoms with E-state index in [1.165, 1.54) is 45.6 Å². The van der Waals surface area contributed by atoms with Crippen molar-refractivity contribution < 1.29 is 42.8 Å². The fourth-order valence-corrected chi connectivity index (χ4v) is 6.91. The van der Waals surface area contributed by atoms with Crippen molar-refractivity contribution in [3.05, 3.63) is 68.1 Å². The third-order valence-electron chi connectivity index (χ3n) is 8.90. The third-order valence-corrected chi connectivity index (χ3v) is 9.96. The van der Waals surface area contributed by atoms with Crippen molar-refractivity contribution >= 4 is 52.7 Å². The number of carbonyl (C=O) groups excluding carboxylic acids is 3. The van der Waals surface area contributed by atoms with Gasteiger partial charge in [-0.25, -0.2) is 14.4 Å². The van der Waals surface area contributed by atoms with Crippen LogP contribution in [0.2, 0.25) is 0 Å². The highest BCUT2D eigenvalue weighted by Crippen LogP contribution is 2.36. The van der Waals surface area contributed by atoms with E-state index in [9.17, 15) is 14.4 Å². The lowest BCUT2D eigenvalue weighted by Gasteiger charge is -2.40. The number of halogens is 3. The molecule has 0 bridgehead atoms. The fraction of sp³-hybridized carbons (Fsp3) is 0.548. The maximum absolute atomic E-state index is 11.8. The molecule has 12 nitrogen and oxygen atoms in total. The Bertz CT molecular complexity index is 1650. The molecule has 1 fully saturated rings. The van der Waals surface area contributed by atoms with Gasteiger partial charge in [0.1, 0.15) is 30.3 Å². The molecule has 4 aliphatic rings. The number of cyclic esters (lactones) is 3. The minimum absolute atomic E-state index is 0. The Kier molecular flexibility index (Phi) is 22.6. The average Bonchev–Trinajstić information content (AvgIpc) is 3.76. The summed E-state index contributed by atoms with van der Waals surface area (Å²) < 4.78 is 30.7. The highest BCUT2D eigenvalue weighted by molar-refractivity contribution is 6.43. The van der Waals surface area contributed by atoms with Crippen molar-refractivity contribution in [1.82, 2.24) is 15.5 Å². The molecule has 0 saturated heterocycles. The van der Waals surface area contributed by atoms with Crippen molar-refractivity contribution in [2.45, 2.75) is 123 Å². The summed E-state index contributed by atoms with van der Waals surface area (Å²) in [6, 6.07) is 10.3. The van der Waals surface area contributed by atoms with Crippen LogP contribution in [0, 0.1) is 24.7 Å². The normalized spacial score (nSPS) is 20.3. The molecule has 2 N–H and O–H groups in total. The van der Waals surface area contributed by atoms with Crippen molar-refractivity contribution in [3.8, 4) is 24.7 Å². The molecule has 3 heterocycles. The van der Waals surface area contributed by atoms with Gasteiger partial charge in [0.2, 0.25) is 18.9 Å². The minimum Gasteiger partial charge on any atom is -0.425 e. The second-order valence-corrected chi connectivity index (χ2v) is 14.4. The first-order valence-corrected chi connectivity index (χ1v) is 19.9. The predicted octanol–water partition coefficient (Wildman–Crippen LogP) is 7.54. The molecule has 15 heteroatoms. The number of methoxy groups -OCH3 is 1. The van der Waals surface area contributed by atoms with E-state index in [0.29, 0.717) is 29.7 Å². The number of unbranched alkanes of at least 4 members (excludes halogenated alkanes) is 3. The van der Waals surface area contributed by atoms with Gasteiger partial charge in [-0.15, -0.1) is 12.8 Å². The van der Waals surface area contributed by atoms with Crippen molar-refractivity contribution in [2.24, 2.45) is 0 Å². The first-order chi connectivity index (χ1) is 27.0. The van der Waals surface area contributed by atoms with E-state index >= 15 is 0 Å². The maximum Gasteiger partial charge on any atom is 0.354 e. The van der Waals surface area contributed by atoms with Crippen molar-refractivity contribution in [2.75, 3.05) is 26.9 Å². The van der Waals surface area contributed by atoms with Gasteiger partial charge in [0.15, 0.2) is 15.1 Å². The number of ether oxygens (including phenoxy) is 6. The Morgan fingerprint density at radius 3 is 1.89 bits per heavy atom. The standard InChI is InChI=1S/C16H22ClNO3.C14H12ClNO3.C11H18ClNO3.CH4/c1-4-10-20-16-14(13(17)15(19)21-16)18(11(2)3)12-8-6-5-7-9-12;1-2-8-18-14-12(11(15)13(17)19-14)16-9-10-6-4-3-5-7-10;1-3-4-5-6-7-13-9-8(12)10(14)16-11(9)15-2;/h1,11-12,16H,5-10H2,2-3H3;1,3-7,14,16H,8-9H2;11,13H,3-7H2,1-2H3;1H4. The quantitative estimate of drug-likeness (QED) is 0.0694. The smallest absolute Gasteiger partial charge is 0.354 e. The fourth-order valence-electron chi connectivity index (χ4n) is 6.28. The van der Waals surface area contributed by atoms with Crippen LogP contribution in [-0.4, -0.2) is 80.6 Å². The molecule has 1 saturated carbocycles. The Hall–Kier alpha value is -3.88. The van der Waals surface area contributed by atoms with E-state index in [-0.39, 0.29) is 41.8 Å². The first-order valence-electron chi connectivity index (χ1n) is 18.7. The van der Waals surface area contributed by atoms with Gasteiger partial charge in [-0.1, -0.05) is 130 Å². The Morgan fingerprint density at radius 1 is 0.789 bits per heavy atom. The highest BCUT2D eigenvalue weighted by Gasteiger charge is 2.41. The van der Waals surface area contributed by atoms with E-state index in [1.54, 1.807) is 0 Å². The molecule has 57 heavy (non-hydrogen) atoms. The zero-order valence-corrected chi connectivity index (χ0v) is 34.6. The van der Waals surface area contributed by atoms with Crippen LogP contribution in [-0.2, 0) is 49.3 Å². The maximum atomic E-state index is 11.8. The summed E-state index contributed by atoms with van der Waals surface area (Å²) in [5.74, 6) is 3.04. The van der Waals surface area contributed by atoms with Gasteiger partial charge >= 0.3 is 17.9 Å². The van der Waals surface area contributed by atoms with Crippen LogP contribution in [0.1, 0.15) is 91.5 Å². The monoisotopic (exact) mass is 851 g/mol. The molecule has 5 rings (SSSR count). The van der Waals surface area contributed by atoms with E-state index in [0.717, 1.165) is 31.4 Å². The van der Waals surface area contributed by atoms with Crippen molar-refractivity contribution in [1.29, 1.82) is 0 Å². The number of rotatable bonds is 17. The number of nitrogens with one attached hydrogen (secondary N) is 2. The van der Waals surface area contributed by atoms with Gasteiger partial charge in [-0.05, 0) is 38.7 Å². The Morgan fingerprint density at radius 2 is 1.33 bits per heavy atom. The number of terminal acetylenes is 2. The zero-order chi connectivity index (χ0) is 41.0. The van der Waals surface area contributed by atoms with Gasteiger partial charge in [0.25, 0.3) is 0 Å². The molecule has 1 aromatic rings. The van der Waals surface area contributed by atoms with Crippen molar-refractivity contribution in [3.63, 3.8) is 0 Å². The predicted molar refractivity (Wildman–Crippen MR) is 221 cm³/mol. The summed E-state index contributed by atoms with van der Waals surface area (Å²) in [4.78, 5) is 36.5. The van der Waals surface area contributed by atoms with E-state index in [4.69, 9.17) is 76.1 Å². The second kappa shape index (κ2) is 26.2. The highest BCUT2D eigenvalue weighted by atomic mass is 35.5. The van der Waals surface area contributed by atoms with Gasteiger partial charge in [0, 0.05) is 32.3 Å². The van der Waals surface area contributed by atoms with Crippen LogP contribution in [0.5, 0.6) is 0 Å². The Labute approximate surface area is 352 Å².